The smallest absolute Gasteiger partial charge is 0 e. The van der Waals surface area contributed by atoms with Crippen molar-refractivity contribution in [2.45, 2.75) is 0 Å². The molecule has 384 valence electrons. The molecule has 0 heterocycles. The second kappa shape index (κ2) is 5280. The van der Waals surface area contributed by atoms with Gasteiger partial charge in [0.05, 0.1) is 0 Å². The van der Waals surface area contributed by atoms with Crippen LogP contribution in [0.3, 0.4) is 0 Å². The summed E-state index contributed by atoms with van der Waals surface area (Å²) in [6, 6.07) is 0. The van der Waals surface area contributed by atoms with Crippen LogP contribution in [0.5, 0.6) is 0 Å². The molecule has 0 atom stereocenters. The van der Waals surface area contributed by atoms with Gasteiger partial charge in [-0.2, -0.15) is 0 Å². The number of nitrogens with two attached hydrogens (primary N) is 12. The minimum Gasteiger partial charge on any atom is -2.00 e. The van der Waals surface area contributed by atoms with E-state index in [0.717, 1.165) is 0 Å². The van der Waals surface area contributed by atoms with Crippen molar-refractivity contribution >= 4 is 0 Å². The van der Waals surface area contributed by atoms with E-state index in [4.69, 9.17) is 0 Å². The Labute approximate surface area is 427 Å². The van der Waals surface area contributed by atoms with Gasteiger partial charge in [-0.1, -0.05) is 0 Å². The van der Waals surface area contributed by atoms with Crippen molar-refractivity contribution in [1.82, 2.24) is 18.5 Å². The first-order chi connectivity index (χ1) is 0. The average molecular weight is 1620 g/mol. The van der Waals surface area contributed by atoms with Crippen LogP contribution in [0.4, 0.5) is 0 Å². The Hall–Kier alpha value is 5.25. The molecular formula is H33Mo7N15O24Pd3-60. The first-order valence-electron chi connectivity index (χ1n) is 0. The van der Waals surface area contributed by atoms with Gasteiger partial charge in [-0.3, -0.25) is 0 Å². The van der Waals surface area contributed by atoms with Gasteiger partial charge in [-0.15, -0.1) is 0 Å². The third-order valence-corrected chi connectivity index (χ3v) is 0. The van der Waals surface area contributed by atoms with E-state index in [0.29, 0.717) is 0 Å². The van der Waals surface area contributed by atoms with Crippen LogP contribution in [0, 0.1) is 0 Å². The third kappa shape index (κ3) is 5080. The summed E-state index contributed by atoms with van der Waals surface area (Å²) >= 11 is 0. The monoisotopic (exact) mass is 1630 g/mol. The van der Waals surface area contributed by atoms with E-state index in [1.165, 1.54) is 0 Å². The molecule has 0 amide bonds. The van der Waals surface area contributed by atoms with Gasteiger partial charge >= 0.3 is 0 Å². The van der Waals surface area contributed by atoms with Crippen molar-refractivity contribution in [3.05, 3.63) is 73.8 Å². The zero-order chi connectivity index (χ0) is 0. The molecule has 0 aromatic heterocycles. The molecule has 49 heteroatoms. The minimum atomic E-state index is 0. The molecule has 0 aliphatic rings. The van der Waals surface area contributed by atoms with E-state index >= 15 is 0 Å². The van der Waals surface area contributed by atoms with E-state index in [9.17, 15) is 0 Å². The van der Waals surface area contributed by atoms with Crippen LogP contribution in [0.15, 0.2) is 0 Å². The molecule has 0 aliphatic heterocycles. The van der Waals surface area contributed by atoms with Gasteiger partial charge in [-0.25, -0.2) is 0 Å². The minimum absolute atomic E-state index is 0. The number of hydrogen-bond acceptors (Lipinski definition) is 3. The molecule has 0 rings (SSSR count). The molecule has 0 spiro atoms. The summed E-state index contributed by atoms with van der Waals surface area (Å²) < 4.78 is 0. The van der Waals surface area contributed by atoms with Gasteiger partial charge in [-0.05, 0) is 0 Å². The van der Waals surface area contributed by atoms with E-state index in [1.807, 2.05) is 0 Å². The summed E-state index contributed by atoms with van der Waals surface area (Å²) in [6.45, 7) is 0. The summed E-state index contributed by atoms with van der Waals surface area (Å²) in [7, 11) is 0. The first-order valence-corrected chi connectivity index (χ1v) is 0. The quantitative estimate of drug-likeness (QED) is 0.238. The van der Waals surface area contributed by atoms with Crippen LogP contribution in [0.2, 0.25) is 0 Å². The summed E-state index contributed by atoms with van der Waals surface area (Å²) in [4.78, 5) is 0. The van der Waals surface area contributed by atoms with Crippen LogP contribution in [0.25, 0.3) is 73.8 Å². The number of hydrogen-bond donors (Lipinski definition) is 3. The molecule has 49 heavy (non-hydrogen) atoms. The summed E-state index contributed by atoms with van der Waals surface area (Å²) in [6.07, 6.45) is 0. The maximum absolute atomic E-state index is 0. The molecule has 0 radical (unpaired) electrons. The maximum atomic E-state index is 0. The van der Waals surface area contributed by atoms with Crippen LogP contribution >= 0.6 is 0 Å². The van der Waals surface area contributed by atoms with Crippen molar-refractivity contribution in [2.75, 3.05) is 0 Å². The van der Waals surface area contributed by atoms with Gasteiger partial charge < -0.3 is 224 Å². The second-order valence-corrected chi connectivity index (χ2v) is 0. The Balaban J connectivity index is 0. The van der Waals surface area contributed by atoms with Crippen molar-refractivity contribution in [1.29, 1.82) is 0 Å². The Morgan fingerprint density at radius 2 is 0.102 bits per heavy atom. The molecule has 0 aromatic rings. The van der Waals surface area contributed by atoms with E-state index < -0.39 is 0 Å². The number of rotatable bonds is 0. The van der Waals surface area contributed by atoms with E-state index in [2.05, 4.69) is 0 Å². The van der Waals surface area contributed by atoms with Crippen molar-refractivity contribution in [3.63, 3.8) is 0 Å². The Bertz CT molecular complexity index is 82.1. The normalized spacial score (nSPS) is 0. The Morgan fingerprint density at radius 1 is 0.102 bits per heavy atom. The topological polar surface area (TPSA) is 1190 Å². The van der Waals surface area contributed by atoms with E-state index in [1.54, 1.807) is 0 Å². The molecule has 33 N–H and O–H groups in total. The van der Waals surface area contributed by atoms with Crippen LogP contribution in [-0.2, 0) is 340 Å². The van der Waals surface area contributed by atoms with Gasteiger partial charge in [0.2, 0.25) is 0 Å². The van der Waals surface area contributed by atoms with E-state index in [-0.39, 0.29) is 432 Å². The van der Waals surface area contributed by atoms with Gasteiger partial charge in [0, 0.05) is 209 Å². The van der Waals surface area contributed by atoms with Crippen molar-refractivity contribution in [3.8, 4) is 0 Å². The van der Waals surface area contributed by atoms with Gasteiger partial charge in [0.1, 0.15) is 0 Å². The molecule has 39 nitrogen and oxygen atoms in total. The zero-order valence-corrected chi connectivity index (χ0v) is 41.4. The third-order valence-electron chi connectivity index (χ3n) is 0. The fraction of sp³-hybridized carbons (Fsp3) is 0. The average Bonchev–Trinajstić information content (AvgIpc) is 0. The molecular weight excluding hydrogens is 1580 g/mol. The Kier molecular flexibility index (Phi) is 603000. The van der Waals surface area contributed by atoms with Crippen LogP contribution in [0.1, 0.15) is 0 Å². The van der Waals surface area contributed by atoms with Gasteiger partial charge in [0.15, 0.2) is 0 Å². The fourth-order valence-electron chi connectivity index (χ4n) is 0. The molecule has 0 saturated heterocycles. The molecule has 0 fully saturated rings. The van der Waals surface area contributed by atoms with Crippen molar-refractivity contribution < 1.29 is 340 Å². The largest absolute Gasteiger partial charge is 2.00 e. The molecule has 0 saturated carbocycles. The predicted octanol–water partition coefficient (Wildman–Crippen LogP) is 6.21. The summed E-state index contributed by atoms with van der Waals surface area (Å²) in [5, 5.41) is 0. The summed E-state index contributed by atoms with van der Waals surface area (Å²) in [5.41, 5.74) is 0. The zero-order valence-electron chi connectivity index (χ0n) is 22.7. The summed E-state index contributed by atoms with van der Waals surface area (Å²) in [5.74, 6) is 0. The standard InChI is InChI=1S/7Mo.3H3N.12H2N.24O.3Pd/h;;;;;;;3*1H3;12*1H2;;;;;;;;;;;;;;;;;;;;;;;;;;;/q;;;;;;;;;;12*-1;24*-2;;;. The van der Waals surface area contributed by atoms with Crippen molar-refractivity contribution in [2.24, 2.45) is 0 Å². The van der Waals surface area contributed by atoms with Crippen LogP contribution in [-0.4, -0.2) is 0 Å². The molecule has 0 aromatic carbocycles. The first kappa shape index (κ1) is 5590. The van der Waals surface area contributed by atoms with Crippen LogP contribution < -0.4 is 18.5 Å². The predicted molar refractivity (Wildman–Crippen MR) is 95.0 cm³/mol. The SMILES string of the molecule is N.N.N.[Mo].[Mo].[Mo].[Mo].[Mo].[Mo].[Mo].[NH2-].[NH2-].[NH2-].[NH2-].[NH2-].[NH2-].[NH2-].[NH2-].[NH2-].[NH2-].[NH2-].[NH2-].[O-2].[O-2].[O-2].[O-2].[O-2].[O-2].[O-2].[O-2].[O-2].[O-2].[O-2].[O-2].[O-2].[O-2].[O-2].[O-2].[O-2].[O-2].[O-2].[O-2].[O-2].[O-2].[O-2].[O-2].[Pd].[Pd].[Pd]. The fourth-order valence-corrected chi connectivity index (χ4v) is 0. The molecule has 0 bridgehead atoms. The maximum Gasteiger partial charge on any atom is 0 e. The molecule has 0 aliphatic carbocycles. The molecule has 0 unspecified atom stereocenters. The second-order valence-electron chi connectivity index (χ2n) is 0. The van der Waals surface area contributed by atoms with Gasteiger partial charge in [0.25, 0.3) is 0 Å². The Morgan fingerprint density at radius 3 is 0.102 bits per heavy atom.